The van der Waals surface area contributed by atoms with Gasteiger partial charge in [0.05, 0.1) is 4.91 Å². The number of imide groups is 1. The molecule has 1 fully saturated rings. The monoisotopic (exact) mass is 368 g/mol. The summed E-state index contributed by atoms with van der Waals surface area (Å²) in [4.78, 5) is 35.1. The summed E-state index contributed by atoms with van der Waals surface area (Å²) in [6.45, 7) is 1.78. The summed E-state index contributed by atoms with van der Waals surface area (Å²) in [6, 6.07) is 14.4. The minimum Gasteiger partial charge on any atom is -0.484 e. The normalized spacial score (nSPS) is 15.0. The first-order chi connectivity index (χ1) is 12.5. The highest BCUT2D eigenvalue weighted by Gasteiger charge is 2.24. The van der Waals surface area contributed by atoms with Crippen molar-refractivity contribution in [3.63, 3.8) is 0 Å². The van der Waals surface area contributed by atoms with Crippen molar-refractivity contribution >= 4 is 40.6 Å². The summed E-state index contributed by atoms with van der Waals surface area (Å²) >= 11 is 0.852. The van der Waals surface area contributed by atoms with Gasteiger partial charge in [0.25, 0.3) is 17.1 Å². The van der Waals surface area contributed by atoms with E-state index in [-0.39, 0.29) is 17.8 Å². The molecular formula is C19H16N2O4S. The van der Waals surface area contributed by atoms with Crippen molar-refractivity contribution in [1.29, 1.82) is 0 Å². The van der Waals surface area contributed by atoms with Crippen molar-refractivity contribution in [2.75, 3.05) is 11.9 Å². The molecule has 0 atom stereocenters. The number of para-hydroxylation sites is 1. The fraction of sp³-hybridized carbons (Fsp3) is 0.105. The zero-order valence-corrected chi connectivity index (χ0v) is 14.8. The largest absolute Gasteiger partial charge is 0.484 e. The van der Waals surface area contributed by atoms with Crippen molar-refractivity contribution in [3.8, 4) is 5.75 Å². The molecule has 1 saturated heterocycles. The second-order valence-corrected chi connectivity index (χ2v) is 6.59. The molecule has 0 aliphatic carbocycles. The molecule has 1 aliphatic heterocycles. The Morgan fingerprint density at radius 3 is 2.73 bits per heavy atom. The Bertz CT molecular complexity index is 908. The van der Waals surface area contributed by atoms with Gasteiger partial charge in [-0.2, -0.15) is 0 Å². The first-order valence-electron chi connectivity index (χ1n) is 7.84. The van der Waals surface area contributed by atoms with Crippen molar-refractivity contribution in [2.45, 2.75) is 6.92 Å². The van der Waals surface area contributed by atoms with Gasteiger partial charge in [-0.3, -0.25) is 19.7 Å². The van der Waals surface area contributed by atoms with E-state index in [1.807, 2.05) is 31.2 Å². The lowest BCUT2D eigenvalue weighted by Crippen LogP contribution is -2.20. The number of carbonyl (C=O) groups excluding carboxylic acids is 3. The third-order valence-corrected chi connectivity index (χ3v) is 4.40. The minimum absolute atomic E-state index is 0.137. The zero-order chi connectivity index (χ0) is 18.5. The summed E-state index contributed by atoms with van der Waals surface area (Å²) in [6.07, 6.45) is 1.60. The van der Waals surface area contributed by atoms with Crippen molar-refractivity contribution in [1.82, 2.24) is 5.32 Å². The maximum absolute atomic E-state index is 12.0. The van der Waals surface area contributed by atoms with Crippen LogP contribution in [0.3, 0.4) is 0 Å². The highest BCUT2D eigenvalue weighted by molar-refractivity contribution is 8.18. The van der Waals surface area contributed by atoms with E-state index < -0.39 is 5.91 Å². The van der Waals surface area contributed by atoms with Crippen LogP contribution in [-0.4, -0.2) is 23.7 Å². The van der Waals surface area contributed by atoms with Crippen molar-refractivity contribution < 1.29 is 19.1 Å². The number of hydrogen-bond acceptors (Lipinski definition) is 5. The van der Waals surface area contributed by atoms with Gasteiger partial charge in [0.2, 0.25) is 0 Å². The van der Waals surface area contributed by atoms with E-state index in [1.54, 1.807) is 30.3 Å². The summed E-state index contributed by atoms with van der Waals surface area (Å²) in [5, 5.41) is 4.61. The highest BCUT2D eigenvalue weighted by Crippen LogP contribution is 2.26. The number of ether oxygens (including phenoxy) is 1. The topological polar surface area (TPSA) is 84.5 Å². The van der Waals surface area contributed by atoms with E-state index in [0.717, 1.165) is 23.0 Å². The number of anilines is 1. The molecule has 0 saturated carbocycles. The van der Waals surface area contributed by atoms with E-state index in [2.05, 4.69) is 10.6 Å². The minimum atomic E-state index is -0.413. The van der Waals surface area contributed by atoms with Crippen LogP contribution in [0.15, 0.2) is 53.4 Å². The lowest BCUT2D eigenvalue weighted by molar-refractivity contribution is -0.118. The quantitative estimate of drug-likeness (QED) is 0.791. The fourth-order valence-corrected chi connectivity index (χ4v) is 3.00. The SMILES string of the molecule is Cc1ccccc1NC(=O)COc1cccc(/C=C2\SC(=O)NC2=O)c1. The Hall–Kier alpha value is -3.06. The van der Waals surface area contributed by atoms with Crippen LogP contribution < -0.4 is 15.4 Å². The molecule has 26 heavy (non-hydrogen) atoms. The van der Waals surface area contributed by atoms with Gasteiger partial charge in [0.15, 0.2) is 6.61 Å². The number of carbonyl (C=O) groups is 3. The van der Waals surface area contributed by atoms with Crippen LogP contribution in [0.5, 0.6) is 5.75 Å². The molecule has 0 bridgehead atoms. The standard InChI is InChI=1S/C19H16N2O4S/c1-12-5-2-3-8-15(12)20-17(22)11-25-14-7-4-6-13(9-14)10-16-18(23)21-19(24)26-16/h2-10H,11H2,1H3,(H,20,22)(H,21,23,24)/b16-10-. The molecule has 0 radical (unpaired) electrons. The number of rotatable bonds is 5. The Balaban J connectivity index is 1.61. The van der Waals surface area contributed by atoms with Crippen LogP contribution in [0.25, 0.3) is 6.08 Å². The number of hydrogen-bond donors (Lipinski definition) is 2. The van der Waals surface area contributed by atoms with Crippen LogP contribution in [-0.2, 0) is 9.59 Å². The molecule has 2 N–H and O–H groups in total. The maximum Gasteiger partial charge on any atom is 0.290 e. The summed E-state index contributed by atoms with van der Waals surface area (Å²) in [5.41, 5.74) is 2.42. The zero-order valence-electron chi connectivity index (χ0n) is 13.9. The lowest BCUT2D eigenvalue weighted by atomic mass is 10.2. The van der Waals surface area contributed by atoms with E-state index in [0.29, 0.717) is 16.2 Å². The molecule has 3 amide bonds. The fourth-order valence-electron chi connectivity index (χ4n) is 2.31. The second kappa shape index (κ2) is 7.88. The lowest BCUT2D eigenvalue weighted by Gasteiger charge is -2.09. The molecule has 6 nitrogen and oxygen atoms in total. The molecule has 0 aromatic heterocycles. The first kappa shape index (κ1) is 17.8. The molecule has 1 heterocycles. The molecule has 7 heteroatoms. The van der Waals surface area contributed by atoms with E-state index >= 15 is 0 Å². The molecule has 0 spiro atoms. The van der Waals surface area contributed by atoms with Gasteiger partial charge >= 0.3 is 0 Å². The van der Waals surface area contributed by atoms with Gasteiger partial charge in [0.1, 0.15) is 5.75 Å². The Kier molecular flexibility index (Phi) is 5.38. The molecule has 132 valence electrons. The Morgan fingerprint density at radius 1 is 1.19 bits per heavy atom. The number of thioether (sulfide) groups is 1. The molecule has 0 unspecified atom stereocenters. The third kappa shape index (κ3) is 4.52. The van der Waals surface area contributed by atoms with Crippen LogP contribution in [0.2, 0.25) is 0 Å². The second-order valence-electron chi connectivity index (χ2n) is 5.58. The van der Waals surface area contributed by atoms with Gasteiger partial charge in [0, 0.05) is 5.69 Å². The van der Waals surface area contributed by atoms with E-state index in [1.165, 1.54) is 0 Å². The Morgan fingerprint density at radius 2 is 2.00 bits per heavy atom. The average molecular weight is 368 g/mol. The third-order valence-electron chi connectivity index (χ3n) is 3.59. The maximum atomic E-state index is 12.0. The summed E-state index contributed by atoms with van der Waals surface area (Å²) in [5.74, 6) is -0.183. The van der Waals surface area contributed by atoms with Crippen LogP contribution >= 0.6 is 11.8 Å². The van der Waals surface area contributed by atoms with Gasteiger partial charge in [-0.25, -0.2) is 0 Å². The molecule has 2 aromatic rings. The average Bonchev–Trinajstić information content (AvgIpc) is 2.93. The summed E-state index contributed by atoms with van der Waals surface area (Å²) in [7, 11) is 0. The predicted molar refractivity (Wildman–Crippen MR) is 101 cm³/mol. The number of benzene rings is 2. The Labute approximate surface area is 154 Å². The number of nitrogens with one attached hydrogen (secondary N) is 2. The van der Waals surface area contributed by atoms with Crippen LogP contribution in [0, 0.1) is 6.92 Å². The van der Waals surface area contributed by atoms with Crippen molar-refractivity contribution in [3.05, 3.63) is 64.6 Å². The van der Waals surface area contributed by atoms with Gasteiger partial charge in [-0.15, -0.1) is 0 Å². The number of aryl methyl sites for hydroxylation is 1. The van der Waals surface area contributed by atoms with E-state index in [4.69, 9.17) is 4.74 Å². The summed E-state index contributed by atoms with van der Waals surface area (Å²) < 4.78 is 5.52. The predicted octanol–water partition coefficient (Wildman–Crippen LogP) is 3.34. The van der Waals surface area contributed by atoms with Gasteiger partial charge in [-0.1, -0.05) is 30.3 Å². The first-order valence-corrected chi connectivity index (χ1v) is 8.66. The van der Waals surface area contributed by atoms with Gasteiger partial charge < -0.3 is 10.1 Å². The molecule has 2 aromatic carbocycles. The van der Waals surface area contributed by atoms with Crippen molar-refractivity contribution in [2.24, 2.45) is 0 Å². The highest BCUT2D eigenvalue weighted by atomic mass is 32.2. The smallest absolute Gasteiger partial charge is 0.290 e. The molecule has 3 rings (SSSR count). The molecular weight excluding hydrogens is 352 g/mol. The number of amides is 3. The van der Waals surface area contributed by atoms with Crippen LogP contribution in [0.4, 0.5) is 10.5 Å². The van der Waals surface area contributed by atoms with E-state index in [9.17, 15) is 14.4 Å². The van der Waals surface area contributed by atoms with Crippen LogP contribution in [0.1, 0.15) is 11.1 Å². The molecule has 1 aliphatic rings. The van der Waals surface area contributed by atoms with Gasteiger partial charge in [-0.05, 0) is 54.1 Å².